The molecule has 9 heteroatoms. The molecule has 0 bridgehead atoms. The van der Waals surface area contributed by atoms with Crippen LogP contribution in [0.3, 0.4) is 0 Å². The van der Waals surface area contributed by atoms with Crippen molar-refractivity contribution in [3.05, 3.63) is 84.5 Å². The molecule has 0 unspecified atom stereocenters. The van der Waals surface area contributed by atoms with Gasteiger partial charge in [0.15, 0.2) is 5.69 Å². The number of hydrogen-bond acceptors (Lipinski definition) is 3. The topological polar surface area (TPSA) is 59.3 Å². The lowest BCUT2D eigenvalue weighted by Crippen LogP contribution is -2.19. The number of hydrazone groups is 1. The number of halogens is 4. The Labute approximate surface area is 182 Å². The molecule has 1 N–H and O–H groups in total. The van der Waals surface area contributed by atoms with Gasteiger partial charge in [-0.15, -0.1) is 0 Å². The Bertz CT molecular complexity index is 1000. The number of nitrogens with zero attached hydrogens (tertiary/aromatic N) is 3. The first-order valence-electron chi connectivity index (χ1n) is 7.68. The first-order valence-corrected chi connectivity index (χ1v) is 10.0. The summed E-state index contributed by atoms with van der Waals surface area (Å²) in [6, 6.07) is 12.9. The van der Waals surface area contributed by atoms with E-state index in [4.69, 9.17) is 23.2 Å². The summed E-state index contributed by atoms with van der Waals surface area (Å²) in [6.45, 7) is 0.544. The third-order valence-electron chi connectivity index (χ3n) is 3.52. The minimum absolute atomic E-state index is 0.242. The molecule has 0 fully saturated rings. The van der Waals surface area contributed by atoms with E-state index in [1.165, 1.54) is 6.21 Å². The molecular weight excluding hydrogens is 519 g/mol. The summed E-state index contributed by atoms with van der Waals surface area (Å²) in [7, 11) is 0. The molecule has 27 heavy (non-hydrogen) atoms. The van der Waals surface area contributed by atoms with Gasteiger partial charge < -0.3 is 0 Å². The predicted octanol–water partition coefficient (Wildman–Crippen LogP) is 5.53. The number of nitrogens with one attached hydrogen (secondary N) is 1. The molecule has 0 atom stereocenters. The van der Waals surface area contributed by atoms with E-state index in [0.717, 1.165) is 10.0 Å². The molecule has 0 saturated carbocycles. The fourth-order valence-corrected chi connectivity index (χ4v) is 3.45. The van der Waals surface area contributed by atoms with Crippen molar-refractivity contribution in [2.75, 3.05) is 0 Å². The number of aromatic nitrogens is 2. The van der Waals surface area contributed by atoms with Crippen molar-refractivity contribution in [1.29, 1.82) is 0 Å². The summed E-state index contributed by atoms with van der Waals surface area (Å²) in [5.74, 6) is -0.433. The van der Waals surface area contributed by atoms with Crippen LogP contribution >= 0.6 is 55.1 Å². The third kappa shape index (κ3) is 5.42. The van der Waals surface area contributed by atoms with Crippen LogP contribution in [0.25, 0.3) is 0 Å². The van der Waals surface area contributed by atoms with E-state index in [2.05, 4.69) is 47.5 Å². The average molecular weight is 531 g/mol. The smallest absolute Gasteiger partial charge is 0.266 e. The van der Waals surface area contributed by atoms with E-state index in [1.807, 2.05) is 24.3 Å². The van der Waals surface area contributed by atoms with Gasteiger partial charge in [-0.05, 0) is 45.8 Å². The van der Waals surface area contributed by atoms with Crippen LogP contribution in [0, 0.1) is 0 Å². The molecule has 0 spiro atoms. The van der Waals surface area contributed by atoms with Gasteiger partial charge in [0.2, 0.25) is 0 Å². The van der Waals surface area contributed by atoms with Crippen LogP contribution in [0.4, 0.5) is 0 Å². The largest absolute Gasteiger partial charge is 0.293 e. The molecule has 0 aliphatic carbocycles. The maximum atomic E-state index is 12.3. The monoisotopic (exact) mass is 528 g/mol. The second kappa shape index (κ2) is 9.01. The maximum Gasteiger partial charge on any atom is 0.293 e. The fraction of sp³-hybridized carbons (Fsp3) is 0.0556. The Kier molecular flexibility index (Phi) is 6.70. The van der Waals surface area contributed by atoms with Gasteiger partial charge >= 0.3 is 0 Å². The van der Waals surface area contributed by atoms with Gasteiger partial charge in [-0.3, -0.25) is 9.48 Å². The van der Waals surface area contributed by atoms with Gasteiger partial charge in [0.05, 0.1) is 22.3 Å². The summed E-state index contributed by atoms with van der Waals surface area (Å²) >= 11 is 18.7. The van der Waals surface area contributed by atoms with Gasteiger partial charge in [0.1, 0.15) is 0 Å². The van der Waals surface area contributed by atoms with Crippen LogP contribution in [0.1, 0.15) is 21.6 Å². The summed E-state index contributed by atoms with van der Waals surface area (Å²) < 4.78 is 3.27. The van der Waals surface area contributed by atoms with Crippen molar-refractivity contribution >= 4 is 67.2 Å². The van der Waals surface area contributed by atoms with E-state index in [0.29, 0.717) is 26.6 Å². The third-order valence-corrected chi connectivity index (χ3v) is 5.19. The molecule has 1 aromatic heterocycles. The second-order valence-corrected chi connectivity index (χ2v) is 8.13. The number of benzene rings is 2. The van der Waals surface area contributed by atoms with Crippen molar-refractivity contribution in [2.45, 2.75) is 6.54 Å². The van der Waals surface area contributed by atoms with Crippen LogP contribution in [0.15, 0.2) is 62.7 Å². The molecule has 3 rings (SSSR count). The van der Waals surface area contributed by atoms with Gasteiger partial charge in [-0.1, -0.05) is 57.3 Å². The molecule has 0 aliphatic rings. The predicted molar refractivity (Wildman–Crippen MR) is 115 cm³/mol. The highest BCUT2D eigenvalue weighted by atomic mass is 79.9. The maximum absolute atomic E-state index is 12.3. The van der Waals surface area contributed by atoms with E-state index >= 15 is 0 Å². The Morgan fingerprint density at radius 1 is 1.19 bits per heavy atom. The lowest BCUT2D eigenvalue weighted by atomic mass is 10.2. The first kappa shape index (κ1) is 20.1. The minimum Gasteiger partial charge on any atom is -0.266 e. The van der Waals surface area contributed by atoms with Crippen LogP contribution in [-0.4, -0.2) is 21.9 Å². The van der Waals surface area contributed by atoms with Crippen molar-refractivity contribution in [2.24, 2.45) is 5.10 Å². The zero-order valence-electron chi connectivity index (χ0n) is 13.7. The van der Waals surface area contributed by atoms with E-state index in [9.17, 15) is 4.79 Å². The zero-order chi connectivity index (χ0) is 19.4. The van der Waals surface area contributed by atoms with Gasteiger partial charge in [0.25, 0.3) is 5.91 Å². The summed E-state index contributed by atoms with van der Waals surface area (Å²) in [4.78, 5) is 12.3. The second-order valence-electron chi connectivity index (χ2n) is 5.51. The van der Waals surface area contributed by atoms with Crippen molar-refractivity contribution < 1.29 is 4.79 Å². The molecule has 1 heterocycles. The number of carbonyl (C=O) groups is 1. The number of hydrogen-bond donors (Lipinski definition) is 1. The number of amides is 1. The van der Waals surface area contributed by atoms with Crippen LogP contribution in [0.5, 0.6) is 0 Å². The van der Waals surface area contributed by atoms with Crippen molar-refractivity contribution in [1.82, 2.24) is 15.2 Å². The molecule has 0 aliphatic heterocycles. The fourth-order valence-electron chi connectivity index (χ4n) is 2.23. The van der Waals surface area contributed by atoms with Crippen LogP contribution in [0.2, 0.25) is 10.0 Å². The molecule has 0 saturated heterocycles. The molecule has 1 amide bonds. The highest BCUT2D eigenvalue weighted by Crippen LogP contribution is 2.20. The Balaban J connectivity index is 1.67. The lowest BCUT2D eigenvalue weighted by Gasteiger charge is -2.02. The quantitative estimate of drug-likeness (QED) is 0.348. The highest BCUT2D eigenvalue weighted by Gasteiger charge is 2.15. The van der Waals surface area contributed by atoms with Crippen molar-refractivity contribution in [3.63, 3.8) is 0 Å². The van der Waals surface area contributed by atoms with Crippen molar-refractivity contribution in [3.8, 4) is 0 Å². The van der Waals surface area contributed by atoms with E-state index in [-0.39, 0.29) is 5.69 Å². The highest BCUT2D eigenvalue weighted by molar-refractivity contribution is 9.10. The Morgan fingerprint density at radius 2 is 1.93 bits per heavy atom. The molecule has 138 valence electrons. The molecule has 5 nitrogen and oxygen atoms in total. The first-order chi connectivity index (χ1) is 12.9. The van der Waals surface area contributed by atoms with Gasteiger partial charge in [0, 0.05) is 21.3 Å². The average Bonchev–Trinajstić information content (AvgIpc) is 2.99. The number of rotatable bonds is 5. The zero-order valence-corrected chi connectivity index (χ0v) is 18.3. The number of carbonyl (C=O) groups excluding carboxylic acids is 1. The summed E-state index contributed by atoms with van der Waals surface area (Å²) in [5.41, 5.74) is 4.39. The lowest BCUT2D eigenvalue weighted by molar-refractivity contribution is 0.0948. The van der Waals surface area contributed by atoms with E-state index in [1.54, 1.807) is 29.1 Å². The standard InChI is InChI=1S/C18H12Br2Cl2N4O/c19-13-4-1-11(2-5-13)9-26-10-15(20)17(25-26)18(27)24-23-8-12-3-6-14(21)7-16(12)22/h1-8,10H,9H2,(H,24,27)/b23-8-. The van der Waals surface area contributed by atoms with Crippen LogP contribution in [-0.2, 0) is 6.54 Å². The molecule has 0 radical (unpaired) electrons. The Hall–Kier alpha value is -1.67. The molecular formula is C18H12Br2Cl2N4O. The molecule has 3 aromatic rings. The normalized spacial score (nSPS) is 11.1. The summed E-state index contributed by atoms with van der Waals surface area (Å²) in [5, 5.41) is 9.21. The van der Waals surface area contributed by atoms with Gasteiger partial charge in [-0.25, -0.2) is 5.43 Å². The summed E-state index contributed by atoms with van der Waals surface area (Å²) in [6.07, 6.45) is 3.19. The Morgan fingerprint density at radius 3 is 2.63 bits per heavy atom. The SMILES string of the molecule is O=C(N/N=C\c1ccc(Cl)cc1Cl)c1nn(Cc2ccc(Br)cc2)cc1Br. The van der Waals surface area contributed by atoms with Crippen LogP contribution < -0.4 is 5.43 Å². The molecule has 2 aromatic carbocycles. The van der Waals surface area contributed by atoms with E-state index < -0.39 is 5.91 Å². The van der Waals surface area contributed by atoms with Gasteiger partial charge in [-0.2, -0.15) is 10.2 Å². The minimum atomic E-state index is -0.433.